The number of benzene rings is 1. The minimum Gasteiger partial charge on any atom is -0.199 e. The first-order valence-electron chi connectivity index (χ1n) is 13.0. The molecule has 1 atom stereocenters. The fraction of sp³-hybridized carbons (Fsp3) is 0.692. The van der Waals surface area contributed by atoms with Gasteiger partial charge in [-0.25, -0.2) is 0 Å². The largest absolute Gasteiger partial charge is 0.460 e. The molecule has 0 amide bonds. The molecule has 0 saturated carbocycles. The van der Waals surface area contributed by atoms with Crippen LogP contribution in [0.5, 0.6) is 0 Å². The van der Waals surface area contributed by atoms with E-state index in [1.807, 2.05) is 0 Å². The van der Waals surface area contributed by atoms with E-state index in [1.165, 1.54) is 13.0 Å². The molecular formula is C26H22F21I. The van der Waals surface area contributed by atoms with Crippen LogP contribution in [0.3, 0.4) is 0 Å². The predicted molar refractivity (Wildman–Crippen MR) is 136 cm³/mol. The zero-order valence-corrected chi connectivity index (χ0v) is 25.8. The van der Waals surface area contributed by atoms with Gasteiger partial charge in [-0.2, -0.15) is 92.2 Å². The van der Waals surface area contributed by atoms with Crippen molar-refractivity contribution in [2.24, 2.45) is 5.92 Å². The summed E-state index contributed by atoms with van der Waals surface area (Å²) in [7, 11) is 0. The average Bonchev–Trinajstić information content (AvgIpc) is 2.95. The SMILES string of the molecule is CCCCCC(/C(=C/CCI)c1ccccc1)C(F)(F)C(F)(F)C(F)(F)C(F)(F)C(F)(F)C(F)(F)C(F)(F)C(F)(F)C(F)(F)C(F)(F)F. The summed E-state index contributed by atoms with van der Waals surface area (Å²) in [5.41, 5.74) is -1.43. The van der Waals surface area contributed by atoms with Crippen molar-refractivity contribution in [3.8, 4) is 0 Å². The van der Waals surface area contributed by atoms with E-state index >= 15 is 17.6 Å². The Bertz CT molecular complexity index is 1230. The van der Waals surface area contributed by atoms with Gasteiger partial charge in [0, 0.05) is 4.43 Å². The van der Waals surface area contributed by atoms with E-state index < -0.39 is 89.4 Å². The molecule has 0 radical (unpaired) electrons. The maximum Gasteiger partial charge on any atom is 0.460 e. The van der Waals surface area contributed by atoms with Gasteiger partial charge in [0.2, 0.25) is 0 Å². The van der Waals surface area contributed by atoms with Gasteiger partial charge in [-0.3, -0.25) is 0 Å². The Balaban J connectivity index is 3.99. The molecule has 0 fully saturated rings. The molecule has 0 nitrogen and oxygen atoms in total. The van der Waals surface area contributed by atoms with Gasteiger partial charge in [0.05, 0.1) is 5.92 Å². The Morgan fingerprint density at radius 1 is 0.562 bits per heavy atom. The van der Waals surface area contributed by atoms with Crippen LogP contribution >= 0.6 is 22.6 Å². The van der Waals surface area contributed by atoms with Crippen LogP contribution in [0.1, 0.15) is 44.6 Å². The summed E-state index contributed by atoms with van der Waals surface area (Å²) in [5, 5.41) is 0. The summed E-state index contributed by atoms with van der Waals surface area (Å²) in [6.45, 7) is 1.41. The van der Waals surface area contributed by atoms with Crippen LogP contribution in [-0.2, 0) is 0 Å². The monoisotopic (exact) mass is 860 g/mol. The lowest BCUT2D eigenvalue weighted by atomic mass is 9.77. The Kier molecular flexibility index (Phi) is 13.0. The fourth-order valence-corrected chi connectivity index (χ4v) is 4.53. The highest BCUT2D eigenvalue weighted by Crippen LogP contribution is 2.67. The van der Waals surface area contributed by atoms with Gasteiger partial charge >= 0.3 is 59.5 Å². The van der Waals surface area contributed by atoms with Crippen molar-refractivity contribution in [3.63, 3.8) is 0 Å². The highest BCUT2D eigenvalue weighted by atomic mass is 127. The molecular weight excluding hydrogens is 838 g/mol. The first kappa shape index (κ1) is 44.2. The second kappa shape index (κ2) is 14.1. The van der Waals surface area contributed by atoms with Crippen molar-refractivity contribution in [1.29, 1.82) is 0 Å². The van der Waals surface area contributed by atoms with Crippen LogP contribution in [0.25, 0.3) is 5.57 Å². The number of rotatable bonds is 17. The standard InChI is InChI=1S/C26H22F21I/c1-2-3-5-12-16(15(11-8-13-48)14-9-6-4-7-10-14)17(27,28)18(29,30)19(31,32)20(33,34)21(35,36)22(37,38)23(39,40)24(41,42)25(43,44)26(45,46)47/h4,6-7,9-11,16H,2-3,5,8,12-13H2,1H3/b15-11+. The van der Waals surface area contributed by atoms with E-state index in [9.17, 15) is 74.6 Å². The van der Waals surface area contributed by atoms with Crippen molar-refractivity contribution < 1.29 is 92.2 Å². The number of hydrogen-bond acceptors (Lipinski definition) is 0. The molecule has 0 spiro atoms. The number of alkyl halides is 22. The molecule has 1 unspecified atom stereocenters. The minimum atomic E-state index is -9.19. The summed E-state index contributed by atoms with van der Waals surface area (Å²) in [6, 6.07) is 5.28. The van der Waals surface area contributed by atoms with Crippen LogP contribution in [0.15, 0.2) is 36.4 Å². The molecule has 1 aromatic rings. The number of unbranched alkanes of at least 4 members (excludes halogenated alkanes) is 2. The van der Waals surface area contributed by atoms with Gasteiger partial charge in [-0.1, -0.05) is 85.2 Å². The van der Waals surface area contributed by atoms with Crippen molar-refractivity contribution in [2.75, 3.05) is 4.43 Å². The molecule has 48 heavy (non-hydrogen) atoms. The third kappa shape index (κ3) is 6.80. The van der Waals surface area contributed by atoms with Crippen LogP contribution < -0.4 is 0 Å². The van der Waals surface area contributed by atoms with Gasteiger partial charge < -0.3 is 0 Å². The van der Waals surface area contributed by atoms with Crippen LogP contribution in [-0.4, -0.2) is 63.9 Å². The number of allylic oxidation sites excluding steroid dienone is 2. The van der Waals surface area contributed by atoms with Gasteiger partial charge in [0.1, 0.15) is 0 Å². The molecule has 1 rings (SSSR count). The van der Waals surface area contributed by atoms with E-state index in [1.54, 1.807) is 22.6 Å². The smallest absolute Gasteiger partial charge is 0.199 e. The van der Waals surface area contributed by atoms with E-state index in [2.05, 4.69) is 0 Å². The lowest BCUT2D eigenvalue weighted by Gasteiger charge is -2.45. The first-order chi connectivity index (χ1) is 21.3. The summed E-state index contributed by atoms with van der Waals surface area (Å²) in [6.07, 6.45) is -9.48. The molecule has 0 aliphatic heterocycles. The Morgan fingerprint density at radius 2 is 0.938 bits per heavy atom. The molecule has 0 N–H and O–H groups in total. The van der Waals surface area contributed by atoms with Gasteiger partial charge in [-0.15, -0.1) is 0 Å². The highest BCUT2D eigenvalue weighted by Gasteiger charge is 2.98. The van der Waals surface area contributed by atoms with E-state index in [0.29, 0.717) is 0 Å². The van der Waals surface area contributed by atoms with Gasteiger partial charge in [0.15, 0.2) is 0 Å². The average molecular weight is 860 g/mol. The normalized spacial score (nSPS) is 16.4. The molecule has 0 bridgehead atoms. The Morgan fingerprint density at radius 3 is 1.29 bits per heavy atom. The molecule has 0 aliphatic carbocycles. The van der Waals surface area contributed by atoms with E-state index in [-0.39, 0.29) is 23.7 Å². The Hall–Kier alpha value is -1.78. The quantitative estimate of drug-likeness (QED) is 0.0634. The molecule has 1 aromatic carbocycles. The molecule has 0 heterocycles. The van der Waals surface area contributed by atoms with Crippen molar-refractivity contribution in [1.82, 2.24) is 0 Å². The summed E-state index contributed by atoms with van der Waals surface area (Å²) in [5.74, 6) is -80.4. The highest BCUT2D eigenvalue weighted by molar-refractivity contribution is 14.1. The molecule has 280 valence electrons. The summed E-state index contributed by atoms with van der Waals surface area (Å²) < 4.78 is 293. The third-order valence-corrected chi connectivity index (χ3v) is 7.65. The summed E-state index contributed by atoms with van der Waals surface area (Å²) in [4.78, 5) is 0. The van der Waals surface area contributed by atoms with Crippen molar-refractivity contribution in [3.05, 3.63) is 42.0 Å². The van der Waals surface area contributed by atoms with Crippen molar-refractivity contribution >= 4 is 28.2 Å². The topological polar surface area (TPSA) is 0 Å². The zero-order chi connectivity index (χ0) is 38.2. The number of halogens is 22. The number of hydrogen-bond donors (Lipinski definition) is 0. The molecule has 0 saturated heterocycles. The second-order valence-corrected chi connectivity index (χ2v) is 11.3. The lowest BCUT2D eigenvalue weighted by Crippen LogP contribution is -2.77. The maximum atomic E-state index is 15.5. The maximum absolute atomic E-state index is 15.5. The molecule has 0 aromatic heterocycles. The fourth-order valence-electron chi connectivity index (χ4n) is 4.22. The molecule has 22 heteroatoms. The zero-order valence-electron chi connectivity index (χ0n) is 23.6. The Labute approximate surface area is 271 Å². The first-order valence-corrected chi connectivity index (χ1v) is 14.6. The third-order valence-electron chi connectivity index (χ3n) is 7.02. The van der Waals surface area contributed by atoms with Crippen LogP contribution in [0.2, 0.25) is 0 Å². The van der Waals surface area contributed by atoms with E-state index in [0.717, 1.165) is 30.3 Å². The lowest BCUT2D eigenvalue weighted by molar-refractivity contribution is -0.475. The summed E-state index contributed by atoms with van der Waals surface area (Å²) >= 11 is 1.62. The van der Waals surface area contributed by atoms with Gasteiger partial charge in [-0.05, 0) is 24.0 Å². The molecule has 0 aliphatic rings. The van der Waals surface area contributed by atoms with Gasteiger partial charge in [0.25, 0.3) is 0 Å². The predicted octanol–water partition coefficient (Wildman–Crippen LogP) is 12.4. The second-order valence-electron chi connectivity index (χ2n) is 10.3. The van der Waals surface area contributed by atoms with Crippen LogP contribution in [0.4, 0.5) is 92.2 Å². The van der Waals surface area contributed by atoms with E-state index in [4.69, 9.17) is 0 Å². The van der Waals surface area contributed by atoms with Crippen LogP contribution in [0, 0.1) is 5.92 Å². The van der Waals surface area contributed by atoms with Crippen molar-refractivity contribution in [2.45, 2.75) is 98.5 Å². The minimum absolute atomic E-state index is 0.0134.